The largest absolute Gasteiger partial charge is 0.484 e. The number of amides is 1. The van der Waals surface area contributed by atoms with Gasteiger partial charge in [-0.25, -0.2) is 9.37 Å². The molecule has 7 nitrogen and oxygen atoms in total. The Morgan fingerprint density at radius 2 is 2.26 bits per heavy atom. The summed E-state index contributed by atoms with van der Waals surface area (Å²) in [5, 5.41) is 7.18. The number of hydrogen-bond acceptors (Lipinski definition) is 5. The van der Waals surface area contributed by atoms with Crippen LogP contribution in [0.1, 0.15) is 24.7 Å². The zero-order valence-electron chi connectivity index (χ0n) is 14.5. The molecule has 0 spiro atoms. The molecule has 0 saturated carbocycles. The first kappa shape index (κ1) is 17.1. The number of hydrogen-bond donors (Lipinski definition) is 1. The number of benzene rings is 1. The first-order chi connectivity index (χ1) is 13.2. The van der Waals surface area contributed by atoms with E-state index >= 15 is 0 Å². The van der Waals surface area contributed by atoms with Crippen LogP contribution in [0, 0.1) is 5.82 Å². The fourth-order valence-corrected chi connectivity index (χ4v) is 3.18. The van der Waals surface area contributed by atoms with Crippen LogP contribution in [0.15, 0.2) is 48.8 Å². The number of rotatable bonds is 5. The maximum atomic E-state index is 13.2. The normalized spacial score (nSPS) is 16.5. The van der Waals surface area contributed by atoms with E-state index in [0.717, 1.165) is 18.4 Å². The summed E-state index contributed by atoms with van der Waals surface area (Å²) < 4.78 is 18.7. The van der Waals surface area contributed by atoms with Crippen molar-refractivity contribution in [2.24, 2.45) is 0 Å². The Morgan fingerprint density at radius 1 is 1.33 bits per heavy atom. The number of nitrogens with one attached hydrogen (secondary N) is 1. The lowest BCUT2D eigenvalue weighted by atomic mass is 10.2. The summed E-state index contributed by atoms with van der Waals surface area (Å²) in [5.74, 6) is 0.959. The third kappa shape index (κ3) is 3.79. The minimum atomic E-state index is -0.399. The van der Waals surface area contributed by atoms with E-state index < -0.39 is 5.82 Å². The molecule has 0 aliphatic carbocycles. The van der Waals surface area contributed by atoms with Crippen molar-refractivity contribution in [1.82, 2.24) is 25.1 Å². The summed E-state index contributed by atoms with van der Waals surface area (Å²) in [7, 11) is 0. The molecule has 8 heteroatoms. The lowest BCUT2D eigenvalue weighted by Gasteiger charge is -2.22. The average molecular weight is 367 g/mol. The van der Waals surface area contributed by atoms with Gasteiger partial charge in [-0.1, -0.05) is 6.07 Å². The Kier molecular flexibility index (Phi) is 4.78. The number of aromatic nitrogens is 4. The predicted octanol–water partition coefficient (Wildman–Crippen LogP) is 2.75. The van der Waals surface area contributed by atoms with E-state index in [2.05, 4.69) is 20.2 Å². The molecule has 0 radical (unpaired) electrons. The Labute approximate surface area is 155 Å². The fraction of sp³-hybridized carbons (Fsp3) is 0.263. The number of ether oxygens (including phenoxy) is 1. The Bertz CT molecular complexity index is 931. The summed E-state index contributed by atoms with van der Waals surface area (Å²) >= 11 is 0. The molecule has 4 rings (SSSR count). The highest BCUT2D eigenvalue weighted by Gasteiger charge is 2.32. The van der Waals surface area contributed by atoms with E-state index in [0.29, 0.717) is 23.9 Å². The summed E-state index contributed by atoms with van der Waals surface area (Å²) in [4.78, 5) is 22.9. The Balaban J connectivity index is 1.44. The van der Waals surface area contributed by atoms with Gasteiger partial charge in [0.25, 0.3) is 5.91 Å². The lowest BCUT2D eigenvalue weighted by Crippen LogP contribution is -2.34. The van der Waals surface area contributed by atoms with Crippen LogP contribution in [0.5, 0.6) is 5.75 Å². The van der Waals surface area contributed by atoms with Gasteiger partial charge in [0.1, 0.15) is 17.4 Å². The topological polar surface area (TPSA) is 84.0 Å². The molecular weight excluding hydrogens is 349 g/mol. The minimum Gasteiger partial charge on any atom is -0.484 e. The van der Waals surface area contributed by atoms with Crippen LogP contribution >= 0.6 is 0 Å². The first-order valence-corrected chi connectivity index (χ1v) is 8.71. The van der Waals surface area contributed by atoms with Gasteiger partial charge in [0.2, 0.25) is 0 Å². The molecule has 3 aromatic rings. The van der Waals surface area contributed by atoms with Gasteiger partial charge >= 0.3 is 0 Å². The van der Waals surface area contributed by atoms with Gasteiger partial charge in [0.15, 0.2) is 12.4 Å². The minimum absolute atomic E-state index is 0.149. The van der Waals surface area contributed by atoms with Crippen LogP contribution in [0.3, 0.4) is 0 Å². The van der Waals surface area contributed by atoms with E-state index in [1.165, 1.54) is 12.1 Å². The van der Waals surface area contributed by atoms with Gasteiger partial charge in [-0.2, -0.15) is 5.10 Å². The van der Waals surface area contributed by atoms with E-state index in [1.807, 2.05) is 12.1 Å². The quantitative estimate of drug-likeness (QED) is 0.750. The van der Waals surface area contributed by atoms with Crippen LogP contribution < -0.4 is 4.74 Å². The van der Waals surface area contributed by atoms with Crippen molar-refractivity contribution in [2.75, 3.05) is 13.2 Å². The number of carbonyl (C=O) groups excluding carboxylic acids is 1. The van der Waals surface area contributed by atoms with Gasteiger partial charge in [0.05, 0.1) is 6.04 Å². The highest BCUT2D eigenvalue weighted by atomic mass is 19.1. The van der Waals surface area contributed by atoms with Gasteiger partial charge in [-0.15, -0.1) is 0 Å². The molecule has 1 aliphatic rings. The standard InChI is InChI=1S/C19H18FN5O2/c20-14-5-1-6-15(10-14)27-12-17(26)25-9-3-7-16(25)19-22-18(23-24-19)13-4-2-8-21-11-13/h1-2,4-6,8,10-11,16H,3,7,9,12H2,(H,22,23,24). The number of nitrogens with zero attached hydrogens (tertiary/aromatic N) is 4. The van der Waals surface area contributed by atoms with Crippen LogP contribution in [-0.4, -0.2) is 44.1 Å². The van der Waals surface area contributed by atoms with E-state index in [4.69, 9.17) is 4.74 Å². The smallest absolute Gasteiger partial charge is 0.261 e. The van der Waals surface area contributed by atoms with Gasteiger partial charge in [0, 0.05) is 30.6 Å². The van der Waals surface area contributed by atoms with Crippen molar-refractivity contribution >= 4 is 5.91 Å². The maximum Gasteiger partial charge on any atom is 0.261 e. The molecule has 1 aromatic carbocycles. The molecule has 1 atom stereocenters. The highest BCUT2D eigenvalue weighted by Crippen LogP contribution is 2.30. The van der Waals surface area contributed by atoms with E-state index in [9.17, 15) is 9.18 Å². The van der Waals surface area contributed by atoms with Crippen molar-refractivity contribution < 1.29 is 13.9 Å². The number of aromatic amines is 1. The second-order valence-electron chi connectivity index (χ2n) is 6.28. The van der Waals surface area contributed by atoms with Crippen molar-refractivity contribution in [3.8, 4) is 17.1 Å². The number of pyridine rings is 1. The highest BCUT2D eigenvalue weighted by molar-refractivity contribution is 5.78. The van der Waals surface area contributed by atoms with Crippen molar-refractivity contribution in [1.29, 1.82) is 0 Å². The first-order valence-electron chi connectivity index (χ1n) is 8.71. The van der Waals surface area contributed by atoms with E-state index in [1.54, 1.807) is 29.4 Å². The SMILES string of the molecule is O=C(COc1cccc(F)c1)N1CCCC1c1nc(-c2cccnc2)n[nH]1. The van der Waals surface area contributed by atoms with Crippen LogP contribution in [0.4, 0.5) is 4.39 Å². The lowest BCUT2D eigenvalue weighted by molar-refractivity contribution is -0.134. The number of likely N-dealkylation sites (tertiary alicyclic amines) is 1. The van der Waals surface area contributed by atoms with Crippen molar-refractivity contribution in [2.45, 2.75) is 18.9 Å². The number of H-pyrrole nitrogens is 1. The molecular formula is C19H18FN5O2. The molecule has 1 unspecified atom stereocenters. The predicted molar refractivity (Wildman–Crippen MR) is 95.2 cm³/mol. The number of halogens is 1. The maximum absolute atomic E-state index is 13.2. The summed E-state index contributed by atoms with van der Waals surface area (Å²) in [5.41, 5.74) is 0.810. The second-order valence-corrected chi connectivity index (χ2v) is 6.28. The average Bonchev–Trinajstić information content (AvgIpc) is 3.36. The van der Waals surface area contributed by atoms with Crippen molar-refractivity contribution in [3.05, 3.63) is 60.4 Å². The third-order valence-corrected chi connectivity index (χ3v) is 4.47. The molecule has 3 heterocycles. The summed E-state index contributed by atoms with van der Waals surface area (Å²) in [6.45, 7) is 0.475. The van der Waals surface area contributed by atoms with E-state index in [-0.39, 0.29) is 18.6 Å². The van der Waals surface area contributed by atoms with Crippen LogP contribution in [-0.2, 0) is 4.79 Å². The second kappa shape index (κ2) is 7.53. The van der Waals surface area contributed by atoms with Crippen molar-refractivity contribution in [3.63, 3.8) is 0 Å². The van der Waals surface area contributed by atoms with Gasteiger partial charge in [-0.3, -0.25) is 14.9 Å². The Morgan fingerprint density at radius 3 is 3.07 bits per heavy atom. The molecule has 1 saturated heterocycles. The zero-order valence-corrected chi connectivity index (χ0v) is 14.5. The molecule has 1 aliphatic heterocycles. The molecule has 0 bridgehead atoms. The molecule has 2 aromatic heterocycles. The van der Waals surface area contributed by atoms with Crippen LogP contribution in [0.2, 0.25) is 0 Å². The molecule has 1 N–H and O–H groups in total. The third-order valence-electron chi connectivity index (χ3n) is 4.47. The zero-order chi connectivity index (χ0) is 18.6. The van der Waals surface area contributed by atoms with Gasteiger partial charge in [-0.05, 0) is 37.1 Å². The number of carbonyl (C=O) groups is 1. The van der Waals surface area contributed by atoms with Crippen LogP contribution in [0.25, 0.3) is 11.4 Å². The Hall–Kier alpha value is -3.29. The summed E-state index contributed by atoms with van der Waals surface area (Å²) in [6.07, 6.45) is 5.05. The molecule has 138 valence electrons. The monoisotopic (exact) mass is 367 g/mol. The molecule has 1 fully saturated rings. The summed E-state index contributed by atoms with van der Waals surface area (Å²) in [6, 6.07) is 9.27. The molecule has 27 heavy (non-hydrogen) atoms. The van der Waals surface area contributed by atoms with Gasteiger partial charge < -0.3 is 9.64 Å². The fourth-order valence-electron chi connectivity index (χ4n) is 3.18. The molecule has 1 amide bonds.